The maximum Gasteiger partial charge on any atom is 0.251 e. The molecule has 0 saturated heterocycles. The third-order valence-corrected chi connectivity index (χ3v) is 2.18. The molecule has 1 rings (SSSR count). The predicted octanol–water partition coefficient (Wildman–Crippen LogP) is 1.35. The molecule has 0 saturated carbocycles. The second-order valence-electron chi connectivity index (χ2n) is 3.85. The van der Waals surface area contributed by atoms with Crippen molar-refractivity contribution in [3.05, 3.63) is 29.8 Å². The quantitative estimate of drug-likeness (QED) is 0.806. The van der Waals surface area contributed by atoms with Gasteiger partial charge in [-0.15, -0.1) is 0 Å². The molecule has 0 bridgehead atoms. The van der Waals surface area contributed by atoms with Gasteiger partial charge in [-0.1, -0.05) is 19.9 Å². The van der Waals surface area contributed by atoms with Gasteiger partial charge in [0.2, 0.25) is 0 Å². The molecule has 0 aliphatic carbocycles. The lowest BCUT2D eigenvalue weighted by atomic mass is 10.1. The van der Waals surface area contributed by atoms with Crippen molar-refractivity contribution in [1.82, 2.24) is 5.32 Å². The normalized spacial score (nSPS) is 10.2. The summed E-state index contributed by atoms with van der Waals surface area (Å²) in [5.74, 6) is -0.439. The van der Waals surface area contributed by atoms with Crippen LogP contribution in [0.2, 0.25) is 0 Å². The Kier molecular flexibility index (Phi) is 4.05. The summed E-state index contributed by atoms with van der Waals surface area (Å²) in [7, 11) is 0. The zero-order valence-corrected chi connectivity index (χ0v) is 9.36. The van der Waals surface area contributed by atoms with Crippen molar-refractivity contribution < 1.29 is 14.7 Å². The number of benzene rings is 1. The van der Waals surface area contributed by atoms with Crippen molar-refractivity contribution in [1.29, 1.82) is 0 Å². The lowest BCUT2D eigenvalue weighted by Crippen LogP contribution is -2.31. The smallest absolute Gasteiger partial charge is 0.251 e. The van der Waals surface area contributed by atoms with Gasteiger partial charge in [-0.25, -0.2) is 0 Å². The zero-order valence-electron chi connectivity index (χ0n) is 9.36. The number of hydrogen-bond donors (Lipinski definition) is 2. The molecule has 4 nitrogen and oxygen atoms in total. The second kappa shape index (κ2) is 5.30. The molecule has 0 fully saturated rings. The molecule has 1 aromatic rings. The highest BCUT2D eigenvalue weighted by atomic mass is 16.3. The van der Waals surface area contributed by atoms with Crippen LogP contribution in [0.5, 0.6) is 5.75 Å². The monoisotopic (exact) mass is 221 g/mol. The molecular formula is C12H15NO3. The Morgan fingerprint density at radius 3 is 2.62 bits per heavy atom. The van der Waals surface area contributed by atoms with E-state index in [1.165, 1.54) is 12.1 Å². The van der Waals surface area contributed by atoms with Crippen LogP contribution in [0.25, 0.3) is 0 Å². The van der Waals surface area contributed by atoms with E-state index in [1.807, 2.05) is 0 Å². The van der Waals surface area contributed by atoms with Gasteiger partial charge < -0.3 is 10.4 Å². The van der Waals surface area contributed by atoms with E-state index in [2.05, 4.69) is 5.32 Å². The van der Waals surface area contributed by atoms with E-state index in [-0.39, 0.29) is 29.9 Å². The summed E-state index contributed by atoms with van der Waals surface area (Å²) in [6.45, 7) is 3.58. The minimum atomic E-state index is -0.357. The van der Waals surface area contributed by atoms with Crippen LogP contribution in [-0.4, -0.2) is 23.3 Å². The number of amides is 1. The number of carbonyl (C=O) groups is 2. The largest absolute Gasteiger partial charge is 0.508 e. The van der Waals surface area contributed by atoms with Gasteiger partial charge in [0, 0.05) is 11.5 Å². The predicted molar refractivity (Wildman–Crippen MR) is 60.3 cm³/mol. The Balaban J connectivity index is 2.57. The summed E-state index contributed by atoms with van der Waals surface area (Å²) < 4.78 is 0. The standard InChI is InChI=1S/C12H15NO3/c1-8(2)11(15)7-13-12(16)9-4-3-5-10(14)6-9/h3-6,8,14H,7H2,1-2H3,(H,13,16). The summed E-state index contributed by atoms with van der Waals surface area (Å²) in [5, 5.41) is 11.7. The number of nitrogens with one attached hydrogen (secondary N) is 1. The van der Waals surface area contributed by atoms with Crippen LogP contribution >= 0.6 is 0 Å². The first kappa shape index (κ1) is 12.2. The van der Waals surface area contributed by atoms with Crippen molar-refractivity contribution >= 4 is 11.7 Å². The number of carbonyl (C=O) groups excluding carboxylic acids is 2. The van der Waals surface area contributed by atoms with Crippen molar-refractivity contribution in [3.8, 4) is 5.75 Å². The maximum atomic E-state index is 11.5. The van der Waals surface area contributed by atoms with Gasteiger partial charge >= 0.3 is 0 Å². The summed E-state index contributed by atoms with van der Waals surface area (Å²) >= 11 is 0. The number of hydrogen-bond acceptors (Lipinski definition) is 3. The van der Waals surface area contributed by atoms with E-state index < -0.39 is 0 Å². The first-order chi connectivity index (χ1) is 7.50. The first-order valence-electron chi connectivity index (χ1n) is 5.10. The molecule has 0 aromatic heterocycles. The van der Waals surface area contributed by atoms with E-state index in [0.717, 1.165) is 0 Å². The number of phenolic OH excluding ortho intramolecular Hbond substituents is 1. The molecule has 0 radical (unpaired) electrons. The maximum absolute atomic E-state index is 11.5. The minimum absolute atomic E-state index is 0.0199. The van der Waals surface area contributed by atoms with Gasteiger partial charge in [0.15, 0.2) is 5.78 Å². The lowest BCUT2D eigenvalue weighted by molar-refractivity contribution is -0.120. The zero-order chi connectivity index (χ0) is 12.1. The van der Waals surface area contributed by atoms with Gasteiger partial charge in [-0.05, 0) is 18.2 Å². The fourth-order valence-corrected chi connectivity index (χ4v) is 1.12. The van der Waals surface area contributed by atoms with Crippen molar-refractivity contribution in [3.63, 3.8) is 0 Å². The number of rotatable bonds is 4. The summed E-state index contributed by atoms with van der Waals surface area (Å²) in [4.78, 5) is 22.8. The SMILES string of the molecule is CC(C)C(=O)CNC(=O)c1cccc(O)c1. The molecule has 2 N–H and O–H groups in total. The number of ketones is 1. The molecule has 0 aliphatic rings. The van der Waals surface area contributed by atoms with Crippen LogP contribution in [0.1, 0.15) is 24.2 Å². The molecule has 86 valence electrons. The van der Waals surface area contributed by atoms with E-state index in [9.17, 15) is 14.7 Å². The topological polar surface area (TPSA) is 66.4 Å². The Morgan fingerprint density at radius 1 is 1.38 bits per heavy atom. The molecule has 4 heteroatoms. The van der Waals surface area contributed by atoms with Gasteiger partial charge in [-0.3, -0.25) is 9.59 Å². The molecule has 16 heavy (non-hydrogen) atoms. The van der Waals surface area contributed by atoms with Crippen LogP contribution < -0.4 is 5.32 Å². The van der Waals surface area contributed by atoms with Crippen LogP contribution in [0.3, 0.4) is 0 Å². The van der Waals surface area contributed by atoms with E-state index >= 15 is 0 Å². The molecule has 0 aliphatic heterocycles. The Hall–Kier alpha value is -1.84. The van der Waals surface area contributed by atoms with E-state index in [4.69, 9.17) is 0 Å². The third-order valence-electron chi connectivity index (χ3n) is 2.18. The highest BCUT2D eigenvalue weighted by molar-refractivity contribution is 5.97. The average Bonchev–Trinajstić information content (AvgIpc) is 2.25. The Bertz CT molecular complexity index is 399. The van der Waals surface area contributed by atoms with Crippen LogP contribution in [-0.2, 0) is 4.79 Å². The first-order valence-corrected chi connectivity index (χ1v) is 5.10. The molecule has 1 aromatic carbocycles. The molecule has 0 heterocycles. The van der Waals surface area contributed by atoms with Crippen molar-refractivity contribution in [2.24, 2.45) is 5.92 Å². The molecule has 0 unspecified atom stereocenters. The van der Waals surface area contributed by atoms with Crippen LogP contribution in [0, 0.1) is 5.92 Å². The van der Waals surface area contributed by atoms with Crippen LogP contribution in [0.15, 0.2) is 24.3 Å². The minimum Gasteiger partial charge on any atom is -0.508 e. The summed E-state index contributed by atoms with van der Waals surface area (Å²) in [5.41, 5.74) is 0.344. The number of phenols is 1. The molecule has 0 atom stereocenters. The lowest BCUT2D eigenvalue weighted by Gasteiger charge is -2.06. The van der Waals surface area contributed by atoms with Crippen LogP contribution in [0.4, 0.5) is 0 Å². The fourth-order valence-electron chi connectivity index (χ4n) is 1.12. The van der Waals surface area contributed by atoms with Gasteiger partial charge in [0.25, 0.3) is 5.91 Å². The number of Topliss-reactive ketones (excluding diaryl/α,β-unsaturated/α-hetero) is 1. The highest BCUT2D eigenvalue weighted by Crippen LogP contribution is 2.10. The van der Waals surface area contributed by atoms with Gasteiger partial charge in [0.05, 0.1) is 6.54 Å². The fraction of sp³-hybridized carbons (Fsp3) is 0.333. The van der Waals surface area contributed by atoms with E-state index in [1.54, 1.807) is 26.0 Å². The summed E-state index contributed by atoms with van der Waals surface area (Å²) in [6.07, 6.45) is 0. The third kappa shape index (κ3) is 3.38. The Labute approximate surface area is 94.3 Å². The highest BCUT2D eigenvalue weighted by Gasteiger charge is 2.10. The van der Waals surface area contributed by atoms with Gasteiger partial charge in [0.1, 0.15) is 5.75 Å². The second-order valence-corrected chi connectivity index (χ2v) is 3.85. The van der Waals surface area contributed by atoms with Crippen molar-refractivity contribution in [2.45, 2.75) is 13.8 Å². The molecular weight excluding hydrogens is 206 g/mol. The molecule has 1 amide bonds. The average molecular weight is 221 g/mol. The summed E-state index contributed by atoms with van der Waals surface area (Å²) in [6, 6.07) is 5.99. The Morgan fingerprint density at radius 2 is 2.06 bits per heavy atom. The van der Waals surface area contributed by atoms with Gasteiger partial charge in [-0.2, -0.15) is 0 Å². The van der Waals surface area contributed by atoms with Crippen molar-refractivity contribution in [2.75, 3.05) is 6.54 Å². The van der Waals surface area contributed by atoms with E-state index in [0.29, 0.717) is 5.56 Å². The number of aromatic hydroxyl groups is 1. The molecule has 0 spiro atoms.